The number of rotatable bonds is 7. The molecule has 0 N–H and O–H groups in total. The maximum absolute atomic E-state index is 13.4. The zero-order valence-corrected chi connectivity index (χ0v) is 10.4. The van der Waals surface area contributed by atoms with E-state index in [0.29, 0.717) is 0 Å². The van der Waals surface area contributed by atoms with Gasteiger partial charge < -0.3 is 0 Å². The van der Waals surface area contributed by atoms with E-state index in [-0.39, 0.29) is 6.42 Å². The van der Waals surface area contributed by atoms with Crippen molar-refractivity contribution in [3.05, 3.63) is 0 Å². The van der Waals surface area contributed by atoms with Gasteiger partial charge in [-0.2, -0.15) is 13.2 Å². The molecule has 2 unspecified atom stereocenters. The van der Waals surface area contributed by atoms with Gasteiger partial charge in [-0.15, -0.1) is 0 Å². The fraction of sp³-hybridized carbons (Fsp3) is 0.818. The standard InChI is InChI=1S/C11H14F6O2/c1-3-6(18)5-7(8(19)4-2)10(13,14)9(12)11(15,16)17/h7,9H,3-5H2,1-2H3. The highest BCUT2D eigenvalue weighted by Crippen LogP contribution is 2.41. The highest BCUT2D eigenvalue weighted by Gasteiger charge is 2.61. The predicted octanol–water partition coefficient (Wildman–Crippen LogP) is 3.49. The van der Waals surface area contributed by atoms with Gasteiger partial charge in [-0.1, -0.05) is 13.8 Å². The minimum atomic E-state index is -5.79. The topological polar surface area (TPSA) is 34.1 Å². The first-order valence-corrected chi connectivity index (χ1v) is 5.61. The van der Waals surface area contributed by atoms with E-state index in [2.05, 4.69) is 0 Å². The number of carbonyl (C=O) groups is 2. The van der Waals surface area contributed by atoms with E-state index in [0.717, 1.165) is 6.92 Å². The maximum atomic E-state index is 13.4. The van der Waals surface area contributed by atoms with Crippen molar-refractivity contribution in [1.29, 1.82) is 0 Å². The van der Waals surface area contributed by atoms with Crippen molar-refractivity contribution in [3.8, 4) is 0 Å². The number of hydrogen-bond donors (Lipinski definition) is 0. The third-order valence-corrected chi connectivity index (χ3v) is 2.65. The molecule has 0 aliphatic rings. The molecule has 0 aromatic carbocycles. The van der Waals surface area contributed by atoms with Crippen LogP contribution in [0.2, 0.25) is 0 Å². The summed E-state index contributed by atoms with van der Waals surface area (Å²) < 4.78 is 75.9. The monoisotopic (exact) mass is 292 g/mol. The van der Waals surface area contributed by atoms with E-state index in [1.165, 1.54) is 6.92 Å². The second-order valence-corrected chi connectivity index (χ2v) is 4.05. The van der Waals surface area contributed by atoms with Crippen LogP contribution in [0.15, 0.2) is 0 Å². The first-order valence-electron chi connectivity index (χ1n) is 5.61. The quantitative estimate of drug-likeness (QED) is 0.673. The summed E-state index contributed by atoms with van der Waals surface area (Å²) in [6.07, 6.45) is -12.1. The molecule has 0 saturated heterocycles. The Morgan fingerprint density at radius 1 is 1.00 bits per heavy atom. The Hall–Kier alpha value is -1.08. The van der Waals surface area contributed by atoms with Crippen molar-refractivity contribution in [3.63, 3.8) is 0 Å². The van der Waals surface area contributed by atoms with Gasteiger partial charge in [-0.3, -0.25) is 9.59 Å². The molecule has 0 aromatic heterocycles. The Balaban J connectivity index is 5.34. The van der Waals surface area contributed by atoms with Crippen LogP contribution in [0.5, 0.6) is 0 Å². The smallest absolute Gasteiger partial charge is 0.300 e. The summed E-state index contributed by atoms with van der Waals surface area (Å²) in [4.78, 5) is 22.3. The molecule has 0 aliphatic carbocycles. The number of alkyl halides is 6. The molecule has 0 radical (unpaired) electrons. The van der Waals surface area contributed by atoms with Gasteiger partial charge >= 0.3 is 6.18 Å². The molecular formula is C11H14F6O2. The van der Waals surface area contributed by atoms with E-state index < -0.39 is 48.6 Å². The van der Waals surface area contributed by atoms with Crippen LogP contribution in [-0.4, -0.2) is 29.8 Å². The van der Waals surface area contributed by atoms with E-state index in [1.807, 2.05) is 0 Å². The Morgan fingerprint density at radius 2 is 1.47 bits per heavy atom. The summed E-state index contributed by atoms with van der Waals surface area (Å²) in [5, 5.41) is 0. The summed E-state index contributed by atoms with van der Waals surface area (Å²) in [6, 6.07) is 0. The third kappa shape index (κ3) is 4.50. The molecule has 19 heavy (non-hydrogen) atoms. The zero-order chi connectivity index (χ0) is 15.4. The van der Waals surface area contributed by atoms with Gasteiger partial charge in [0.05, 0.1) is 5.92 Å². The fourth-order valence-corrected chi connectivity index (χ4v) is 1.48. The minimum Gasteiger partial charge on any atom is -0.300 e. The Morgan fingerprint density at radius 3 is 1.79 bits per heavy atom. The fourth-order valence-electron chi connectivity index (χ4n) is 1.48. The normalized spacial score (nSPS) is 16.0. The molecule has 2 atom stereocenters. The molecule has 8 heteroatoms. The van der Waals surface area contributed by atoms with E-state index >= 15 is 0 Å². The van der Waals surface area contributed by atoms with Gasteiger partial charge in [0.1, 0.15) is 11.6 Å². The number of carbonyl (C=O) groups excluding carboxylic acids is 2. The van der Waals surface area contributed by atoms with Gasteiger partial charge in [0.25, 0.3) is 12.1 Å². The molecule has 112 valence electrons. The zero-order valence-electron chi connectivity index (χ0n) is 10.4. The Labute approximate surface area is 106 Å². The van der Waals surface area contributed by atoms with Crippen LogP contribution >= 0.6 is 0 Å². The summed E-state index contributed by atoms with van der Waals surface area (Å²) >= 11 is 0. The Kier molecular flexibility index (Phi) is 6.02. The van der Waals surface area contributed by atoms with E-state index in [9.17, 15) is 35.9 Å². The molecule has 0 fully saturated rings. The van der Waals surface area contributed by atoms with Gasteiger partial charge in [-0.05, 0) is 0 Å². The van der Waals surface area contributed by atoms with Gasteiger partial charge in [0.2, 0.25) is 0 Å². The van der Waals surface area contributed by atoms with Crippen molar-refractivity contribution < 1.29 is 35.9 Å². The largest absolute Gasteiger partial charge is 0.425 e. The summed E-state index contributed by atoms with van der Waals surface area (Å²) in [7, 11) is 0. The minimum absolute atomic E-state index is 0.216. The average Bonchev–Trinajstić information content (AvgIpc) is 2.32. The van der Waals surface area contributed by atoms with Crippen LogP contribution in [0.1, 0.15) is 33.1 Å². The summed E-state index contributed by atoms with van der Waals surface area (Å²) in [6.45, 7) is 2.47. The van der Waals surface area contributed by atoms with Crippen molar-refractivity contribution in [2.45, 2.75) is 51.4 Å². The molecule has 0 rings (SSSR count). The van der Waals surface area contributed by atoms with Crippen molar-refractivity contribution in [1.82, 2.24) is 0 Å². The van der Waals surface area contributed by atoms with Crippen LogP contribution in [0, 0.1) is 5.92 Å². The number of Topliss-reactive ketones (excluding diaryl/α,β-unsaturated/α-hetero) is 2. The van der Waals surface area contributed by atoms with Gasteiger partial charge in [-0.25, -0.2) is 13.2 Å². The molecule has 0 heterocycles. The second-order valence-electron chi connectivity index (χ2n) is 4.05. The molecule has 0 aromatic rings. The second kappa shape index (κ2) is 6.38. The first-order chi connectivity index (χ1) is 8.48. The number of halogens is 6. The van der Waals surface area contributed by atoms with Crippen LogP contribution in [0.4, 0.5) is 26.3 Å². The van der Waals surface area contributed by atoms with Crippen LogP contribution < -0.4 is 0 Å². The van der Waals surface area contributed by atoms with E-state index in [1.54, 1.807) is 0 Å². The number of ketones is 2. The molecular weight excluding hydrogens is 278 g/mol. The molecule has 0 amide bonds. The summed E-state index contributed by atoms with van der Waals surface area (Å²) in [5.41, 5.74) is 0. The lowest BCUT2D eigenvalue weighted by atomic mass is 9.86. The molecule has 0 aliphatic heterocycles. The first kappa shape index (κ1) is 17.9. The van der Waals surface area contributed by atoms with E-state index in [4.69, 9.17) is 0 Å². The van der Waals surface area contributed by atoms with Crippen LogP contribution in [0.25, 0.3) is 0 Å². The lowest BCUT2D eigenvalue weighted by molar-refractivity contribution is -0.256. The van der Waals surface area contributed by atoms with Gasteiger partial charge in [0.15, 0.2) is 0 Å². The maximum Gasteiger partial charge on any atom is 0.425 e. The van der Waals surface area contributed by atoms with Crippen molar-refractivity contribution in [2.75, 3.05) is 0 Å². The molecule has 2 nitrogen and oxygen atoms in total. The summed E-state index contributed by atoms with van der Waals surface area (Å²) in [5.74, 6) is -9.61. The van der Waals surface area contributed by atoms with Gasteiger partial charge in [0, 0.05) is 19.3 Å². The lowest BCUT2D eigenvalue weighted by Crippen LogP contribution is -2.49. The SMILES string of the molecule is CCC(=O)CC(C(=O)CC)C(F)(F)C(F)C(F)(F)F. The van der Waals surface area contributed by atoms with Crippen LogP contribution in [-0.2, 0) is 9.59 Å². The Bertz CT molecular complexity index is 337. The third-order valence-electron chi connectivity index (χ3n) is 2.65. The molecule has 0 spiro atoms. The molecule has 0 saturated carbocycles. The molecule has 0 bridgehead atoms. The van der Waals surface area contributed by atoms with Crippen molar-refractivity contribution in [2.24, 2.45) is 5.92 Å². The van der Waals surface area contributed by atoms with Crippen LogP contribution in [0.3, 0.4) is 0 Å². The lowest BCUT2D eigenvalue weighted by Gasteiger charge is -2.29. The highest BCUT2D eigenvalue weighted by molar-refractivity contribution is 5.88. The average molecular weight is 292 g/mol. The predicted molar refractivity (Wildman–Crippen MR) is 54.6 cm³/mol. The highest BCUT2D eigenvalue weighted by atomic mass is 19.4. The van der Waals surface area contributed by atoms with Crippen molar-refractivity contribution >= 4 is 11.6 Å². The number of hydrogen-bond acceptors (Lipinski definition) is 2.